The van der Waals surface area contributed by atoms with Crippen LogP contribution in [0.15, 0.2) is 28.7 Å². The molecule has 3 heteroatoms. The molecule has 0 fully saturated rings. The fourth-order valence-corrected chi connectivity index (χ4v) is 2.01. The summed E-state index contributed by atoms with van der Waals surface area (Å²) in [5.41, 5.74) is 1.70. The molecule has 0 bridgehead atoms. The van der Waals surface area contributed by atoms with E-state index < -0.39 is 0 Å². The molecule has 1 aromatic carbocycles. The molecular formula is C15H19NO2. The van der Waals surface area contributed by atoms with Gasteiger partial charge >= 0.3 is 0 Å². The van der Waals surface area contributed by atoms with Gasteiger partial charge in [-0.05, 0) is 26.3 Å². The summed E-state index contributed by atoms with van der Waals surface area (Å²) in [4.78, 5) is 14.1. The summed E-state index contributed by atoms with van der Waals surface area (Å²) in [6.45, 7) is 6.04. The van der Waals surface area contributed by atoms with Crippen LogP contribution in [0.3, 0.4) is 0 Å². The molecule has 0 spiro atoms. The molecule has 0 radical (unpaired) electrons. The number of para-hydroxylation sites is 1. The van der Waals surface area contributed by atoms with Gasteiger partial charge in [-0.3, -0.25) is 4.79 Å². The monoisotopic (exact) mass is 245 g/mol. The van der Waals surface area contributed by atoms with Crippen LogP contribution in [-0.2, 0) is 0 Å². The van der Waals surface area contributed by atoms with E-state index >= 15 is 0 Å². The Morgan fingerprint density at radius 1 is 1.39 bits per heavy atom. The van der Waals surface area contributed by atoms with E-state index in [9.17, 15) is 4.79 Å². The van der Waals surface area contributed by atoms with Gasteiger partial charge in [0.25, 0.3) is 5.91 Å². The SMILES string of the molecule is CCC(C)N(C)C(=O)c1oc2ccccc2c1C. The number of hydrogen-bond donors (Lipinski definition) is 0. The first-order valence-electron chi connectivity index (χ1n) is 6.31. The molecule has 0 aliphatic heterocycles. The first kappa shape index (κ1) is 12.7. The molecular weight excluding hydrogens is 226 g/mol. The summed E-state index contributed by atoms with van der Waals surface area (Å²) in [7, 11) is 1.82. The van der Waals surface area contributed by atoms with Gasteiger partial charge in [0, 0.05) is 24.0 Å². The number of benzene rings is 1. The molecule has 2 rings (SSSR count). The average Bonchev–Trinajstić information content (AvgIpc) is 2.74. The van der Waals surface area contributed by atoms with Crippen LogP contribution in [0.4, 0.5) is 0 Å². The van der Waals surface area contributed by atoms with Crippen molar-refractivity contribution in [3.63, 3.8) is 0 Å². The minimum Gasteiger partial charge on any atom is -0.451 e. The van der Waals surface area contributed by atoms with Crippen molar-refractivity contribution >= 4 is 16.9 Å². The van der Waals surface area contributed by atoms with Gasteiger partial charge in [0.1, 0.15) is 5.58 Å². The van der Waals surface area contributed by atoms with Crippen LogP contribution in [0.5, 0.6) is 0 Å². The number of fused-ring (bicyclic) bond motifs is 1. The molecule has 1 amide bonds. The lowest BCUT2D eigenvalue weighted by molar-refractivity contribution is 0.0710. The van der Waals surface area contributed by atoms with Gasteiger partial charge in [0.15, 0.2) is 5.76 Å². The summed E-state index contributed by atoms with van der Waals surface area (Å²) in [6, 6.07) is 7.96. The van der Waals surface area contributed by atoms with Crippen LogP contribution in [0.1, 0.15) is 36.4 Å². The fraction of sp³-hybridized carbons (Fsp3) is 0.400. The zero-order chi connectivity index (χ0) is 13.3. The molecule has 0 aliphatic rings. The van der Waals surface area contributed by atoms with Crippen LogP contribution < -0.4 is 0 Å². The summed E-state index contributed by atoms with van der Waals surface area (Å²) >= 11 is 0. The summed E-state index contributed by atoms with van der Waals surface area (Å²) in [5, 5.41) is 1.01. The molecule has 2 aromatic rings. The Balaban J connectivity index is 2.42. The third-order valence-corrected chi connectivity index (χ3v) is 3.61. The van der Waals surface area contributed by atoms with E-state index in [1.807, 2.05) is 45.2 Å². The molecule has 1 unspecified atom stereocenters. The number of aryl methyl sites for hydroxylation is 1. The highest BCUT2D eigenvalue weighted by Gasteiger charge is 2.22. The molecule has 3 nitrogen and oxygen atoms in total. The lowest BCUT2D eigenvalue weighted by atomic mass is 10.1. The van der Waals surface area contributed by atoms with Gasteiger partial charge in [-0.15, -0.1) is 0 Å². The van der Waals surface area contributed by atoms with Gasteiger partial charge in [-0.2, -0.15) is 0 Å². The standard InChI is InChI=1S/C15H19NO2/c1-5-10(2)16(4)15(17)14-11(3)12-8-6-7-9-13(12)18-14/h6-10H,5H2,1-4H3. The minimum absolute atomic E-state index is 0.0435. The van der Waals surface area contributed by atoms with Crippen molar-refractivity contribution in [2.45, 2.75) is 33.2 Å². The van der Waals surface area contributed by atoms with Crippen molar-refractivity contribution in [3.8, 4) is 0 Å². The normalized spacial score (nSPS) is 12.7. The minimum atomic E-state index is -0.0435. The van der Waals surface area contributed by atoms with Crippen LogP contribution in [-0.4, -0.2) is 23.9 Å². The molecule has 1 heterocycles. The van der Waals surface area contributed by atoms with Crippen molar-refractivity contribution in [2.24, 2.45) is 0 Å². The van der Waals surface area contributed by atoms with Crippen molar-refractivity contribution < 1.29 is 9.21 Å². The second kappa shape index (κ2) is 4.84. The van der Waals surface area contributed by atoms with Crippen molar-refractivity contribution in [1.29, 1.82) is 0 Å². The third kappa shape index (κ3) is 2.01. The Morgan fingerprint density at radius 3 is 2.67 bits per heavy atom. The summed E-state index contributed by atoms with van der Waals surface area (Å²) in [5.74, 6) is 0.414. The van der Waals surface area contributed by atoms with E-state index in [0.717, 1.165) is 23.0 Å². The highest BCUT2D eigenvalue weighted by atomic mass is 16.3. The van der Waals surface area contributed by atoms with Gasteiger partial charge in [0.2, 0.25) is 0 Å². The van der Waals surface area contributed by atoms with Crippen molar-refractivity contribution in [2.75, 3.05) is 7.05 Å². The maximum Gasteiger partial charge on any atom is 0.289 e. The average molecular weight is 245 g/mol. The van der Waals surface area contributed by atoms with Crippen molar-refractivity contribution in [3.05, 3.63) is 35.6 Å². The quantitative estimate of drug-likeness (QED) is 0.827. The van der Waals surface area contributed by atoms with Crippen LogP contribution >= 0.6 is 0 Å². The summed E-state index contributed by atoms with van der Waals surface area (Å²) < 4.78 is 5.69. The Kier molecular flexibility index (Phi) is 3.41. The highest BCUT2D eigenvalue weighted by molar-refractivity contribution is 5.98. The van der Waals surface area contributed by atoms with Crippen molar-refractivity contribution in [1.82, 2.24) is 4.90 Å². The lowest BCUT2D eigenvalue weighted by Crippen LogP contribution is -2.34. The maximum atomic E-state index is 12.4. The molecule has 0 N–H and O–H groups in total. The molecule has 18 heavy (non-hydrogen) atoms. The molecule has 0 aliphatic carbocycles. The van der Waals surface area contributed by atoms with E-state index in [2.05, 4.69) is 6.92 Å². The molecule has 1 atom stereocenters. The molecule has 0 saturated heterocycles. The second-order valence-corrected chi connectivity index (χ2v) is 4.73. The second-order valence-electron chi connectivity index (χ2n) is 4.73. The van der Waals surface area contributed by atoms with E-state index in [-0.39, 0.29) is 11.9 Å². The van der Waals surface area contributed by atoms with Gasteiger partial charge < -0.3 is 9.32 Å². The Bertz CT molecular complexity index is 571. The molecule has 96 valence electrons. The predicted molar refractivity (Wildman–Crippen MR) is 72.8 cm³/mol. The number of nitrogens with zero attached hydrogens (tertiary/aromatic N) is 1. The van der Waals surface area contributed by atoms with Crippen LogP contribution in [0.2, 0.25) is 0 Å². The Hall–Kier alpha value is -1.77. The number of amides is 1. The highest BCUT2D eigenvalue weighted by Crippen LogP contribution is 2.26. The van der Waals surface area contributed by atoms with E-state index in [1.54, 1.807) is 4.90 Å². The van der Waals surface area contributed by atoms with Gasteiger partial charge in [0.05, 0.1) is 0 Å². The molecule has 1 aromatic heterocycles. The number of carbonyl (C=O) groups excluding carboxylic acids is 1. The maximum absolute atomic E-state index is 12.4. The van der Waals surface area contributed by atoms with Gasteiger partial charge in [-0.25, -0.2) is 0 Å². The first-order chi connectivity index (χ1) is 8.56. The Labute approximate surface area is 107 Å². The van der Waals surface area contributed by atoms with E-state index in [1.165, 1.54) is 0 Å². The summed E-state index contributed by atoms with van der Waals surface area (Å²) in [6.07, 6.45) is 0.932. The predicted octanol–water partition coefficient (Wildman–Crippen LogP) is 3.61. The largest absolute Gasteiger partial charge is 0.451 e. The van der Waals surface area contributed by atoms with Gasteiger partial charge in [-0.1, -0.05) is 25.1 Å². The number of furan rings is 1. The number of rotatable bonds is 3. The number of hydrogen-bond acceptors (Lipinski definition) is 2. The first-order valence-corrected chi connectivity index (χ1v) is 6.31. The van der Waals surface area contributed by atoms with Crippen LogP contribution in [0.25, 0.3) is 11.0 Å². The smallest absolute Gasteiger partial charge is 0.289 e. The zero-order valence-corrected chi connectivity index (χ0v) is 11.4. The zero-order valence-electron chi connectivity index (χ0n) is 11.4. The van der Waals surface area contributed by atoms with Crippen LogP contribution in [0, 0.1) is 6.92 Å². The van der Waals surface area contributed by atoms with E-state index in [4.69, 9.17) is 4.42 Å². The molecule has 0 saturated carbocycles. The lowest BCUT2D eigenvalue weighted by Gasteiger charge is -2.22. The Morgan fingerprint density at radius 2 is 2.06 bits per heavy atom. The topological polar surface area (TPSA) is 33.5 Å². The fourth-order valence-electron chi connectivity index (χ4n) is 2.01. The van der Waals surface area contributed by atoms with E-state index in [0.29, 0.717) is 5.76 Å². The number of carbonyl (C=O) groups is 1. The third-order valence-electron chi connectivity index (χ3n) is 3.61.